The highest BCUT2D eigenvalue weighted by Crippen LogP contribution is 2.29. The van der Waals surface area contributed by atoms with Crippen LogP contribution in [-0.4, -0.2) is 116 Å². The minimum Gasteiger partial charge on any atom is -0.465 e. The van der Waals surface area contributed by atoms with Gasteiger partial charge in [0.15, 0.2) is 5.78 Å². The van der Waals surface area contributed by atoms with E-state index in [4.69, 9.17) is 18.9 Å². The van der Waals surface area contributed by atoms with Crippen molar-refractivity contribution in [3.8, 4) is 0 Å². The van der Waals surface area contributed by atoms with Crippen LogP contribution in [0.25, 0.3) is 0 Å². The van der Waals surface area contributed by atoms with Crippen LogP contribution in [0.1, 0.15) is 65.2 Å². The number of aldehydes is 1. The van der Waals surface area contributed by atoms with Gasteiger partial charge in [0.2, 0.25) is 0 Å². The molecule has 3 heterocycles. The highest BCUT2D eigenvalue weighted by molar-refractivity contribution is 5.91. The number of nitrogens with zero attached hydrogens (tertiary/aromatic N) is 2. The number of aliphatic hydroxyl groups is 2. The Bertz CT molecular complexity index is 955. The number of ketones is 1. The van der Waals surface area contributed by atoms with Crippen molar-refractivity contribution in [1.82, 2.24) is 9.80 Å². The first-order valence-electron chi connectivity index (χ1n) is 15.7. The SMILES string of the molecule is C/C1=C\C(CN2CCCCC2CO)COC(=O)CC(O)CC(OC2OCCC(N(C)C)O2)C(CC=O)CC(C)C(=O)C=C1. The highest BCUT2D eigenvalue weighted by atomic mass is 16.9. The Labute approximate surface area is 256 Å². The molecule has 8 unspecified atom stereocenters. The summed E-state index contributed by atoms with van der Waals surface area (Å²) in [6.07, 6.45) is 8.03. The molecular weight excluding hydrogens is 556 g/mol. The first-order chi connectivity index (χ1) is 20.6. The normalized spacial score (nSPS) is 35.7. The minimum atomic E-state index is -1.10. The molecule has 0 aromatic carbocycles. The number of rotatable bonds is 8. The molecule has 0 saturated carbocycles. The number of carbonyl (C=O) groups is 3. The van der Waals surface area contributed by atoms with Crippen LogP contribution in [0, 0.1) is 17.8 Å². The van der Waals surface area contributed by atoms with Crippen molar-refractivity contribution in [3.63, 3.8) is 0 Å². The van der Waals surface area contributed by atoms with E-state index >= 15 is 0 Å². The Hall–Kier alpha value is -1.99. The molecule has 3 aliphatic heterocycles. The molecule has 3 rings (SSSR count). The first-order valence-corrected chi connectivity index (χ1v) is 15.7. The fourth-order valence-corrected chi connectivity index (χ4v) is 6.12. The van der Waals surface area contributed by atoms with Gasteiger partial charge in [-0.2, -0.15) is 0 Å². The van der Waals surface area contributed by atoms with E-state index in [0.29, 0.717) is 26.0 Å². The molecule has 244 valence electrons. The van der Waals surface area contributed by atoms with Gasteiger partial charge in [-0.15, -0.1) is 0 Å². The average molecular weight is 609 g/mol. The second-order valence-corrected chi connectivity index (χ2v) is 12.5. The predicted molar refractivity (Wildman–Crippen MR) is 160 cm³/mol. The molecule has 0 aliphatic carbocycles. The highest BCUT2D eigenvalue weighted by Gasteiger charge is 2.34. The number of hydrogen-bond acceptors (Lipinski definition) is 11. The van der Waals surface area contributed by atoms with Crippen molar-refractivity contribution in [2.75, 3.05) is 47.0 Å². The fraction of sp³-hybridized carbons (Fsp3) is 0.781. The zero-order valence-electron chi connectivity index (χ0n) is 26.3. The van der Waals surface area contributed by atoms with Gasteiger partial charge in [0.05, 0.1) is 38.4 Å². The number of ether oxygens (including phenoxy) is 4. The second kappa shape index (κ2) is 18.1. The van der Waals surface area contributed by atoms with E-state index in [1.165, 1.54) is 0 Å². The Morgan fingerprint density at radius 1 is 1.16 bits per heavy atom. The van der Waals surface area contributed by atoms with Gasteiger partial charge in [0.25, 0.3) is 6.48 Å². The third-order valence-electron chi connectivity index (χ3n) is 8.62. The summed E-state index contributed by atoms with van der Waals surface area (Å²) in [6.45, 7) is 4.78. The maximum Gasteiger partial charge on any atom is 0.308 e. The van der Waals surface area contributed by atoms with E-state index in [1.54, 1.807) is 12.2 Å². The van der Waals surface area contributed by atoms with Gasteiger partial charge in [0.1, 0.15) is 12.5 Å². The molecule has 2 N–H and O–H groups in total. The monoisotopic (exact) mass is 608 g/mol. The number of aliphatic hydroxyl groups excluding tert-OH is 2. The van der Waals surface area contributed by atoms with Crippen LogP contribution in [0.2, 0.25) is 0 Å². The zero-order chi connectivity index (χ0) is 31.4. The van der Waals surface area contributed by atoms with Gasteiger partial charge in [0, 0.05) is 43.7 Å². The van der Waals surface area contributed by atoms with Gasteiger partial charge in [-0.3, -0.25) is 19.4 Å². The van der Waals surface area contributed by atoms with E-state index in [9.17, 15) is 24.6 Å². The molecule has 0 bridgehead atoms. The van der Waals surface area contributed by atoms with Crippen molar-refractivity contribution in [2.24, 2.45) is 17.8 Å². The van der Waals surface area contributed by atoms with Crippen molar-refractivity contribution < 1.29 is 43.5 Å². The Balaban J connectivity index is 1.81. The molecule has 2 saturated heterocycles. The summed E-state index contributed by atoms with van der Waals surface area (Å²) < 4.78 is 23.5. The van der Waals surface area contributed by atoms with Crippen LogP contribution in [0.4, 0.5) is 0 Å². The second-order valence-electron chi connectivity index (χ2n) is 12.5. The molecule has 0 aromatic rings. The van der Waals surface area contributed by atoms with Gasteiger partial charge >= 0.3 is 5.97 Å². The van der Waals surface area contributed by atoms with Crippen LogP contribution in [0.3, 0.4) is 0 Å². The van der Waals surface area contributed by atoms with E-state index in [1.807, 2.05) is 38.9 Å². The number of hydrogen-bond donors (Lipinski definition) is 2. The molecule has 8 atom stereocenters. The van der Waals surface area contributed by atoms with E-state index in [-0.39, 0.29) is 56.4 Å². The van der Waals surface area contributed by atoms with Gasteiger partial charge in [-0.05, 0) is 58.8 Å². The molecule has 0 amide bonds. The summed E-state index contributed by atoms with van der Waals surface area (Å²) in [5, 5.41) is 20.9. The van der Waals surface area contributed by atoms with Gasteiger partial charge in [-0.1, -0.05) is 31.1 Å². The number of piperidine rings is 1. The molecule has 0 aromatic heterocycles. The largest absolute Gasteiger partial charge is 0.465 e. The lowest BCUT2D eigenvalue weighted by Crippen LogP contribution is -2.45. The Kier molecular flexibility index (Phi) is 14.9. The molecule has 0 radical (unpaired) electrons. The smallest absolute Gasteiger partial charge is 0.308 e. The average Bonchev–Trinajstić information content (AvgIpc) is 2.98. The summed E-state index contributed by atoms with van der Waals surface area (Å²) >= 11 is 0. The van der Waals surface area contributed by atoms with E-state index < -0.39 is 36.5 Å². The molecule has 11 nitrogen and oxygen atoms in total. The standard InChI is InChI=1S/C32H52N2O9/c1-22-8-9-28(38)23(2)16-25(10-13-35)29(42-32-40-14-11-30(43-32)33(3)4)17-27(37)18-31(39)41-21-24(15-22)19-34-12-6-5-7-26(34)20-36/h8-9,13,15,23-27,29-30,32,36-37H,5-7,10-12,14,16-21H2,1-4H3/b9-8?,22-15+. The lowest BCUT2D eigenvalue weighted by Gasteiger charge is -2.37. The number of cyclic esters (lactones) is 1. The molecule has 11 heteroatoms. The predicted octanol–water partition coefficient (Wildman–Crippen LogP) is 2.44. The molecule has 43 heavy (non-hydrogen) atoms. The number of allylic oxidation sites excluding steroid dienone is 3. The van der Waals surface area contributed by atoms with E-state index in [2.05, 4.69) is 4.90 Å². The molecule has 0 spiro atoms. The van der Waals surface area contributed by atoms with Crippen LogP contribution in [-0.2, 0) is 33.3 Å². The zero-order valence-corrected chi connectivity index (χ0v) is 26.3. The van der Waals surface area contributed by atoms with Crippen molar-refractivity contribution >= 4 is 18.0 Å². The minimum absolute atomic E-state index is 0.0363. The maximum absolute atomic E-state index is 13.2. The molecule has 3 aliphatic rings. The summed E-state index contributed by atoms with van der Waals surface area (Å²) in [5.74, 6) is -1.59. The quantitative estimate of drug-likeness (QED) is 0.311. The van der Waals surface area contributed by atoms with Crippen molar-refractivity contribution in [2.45, 2.75) is 96.2 Å². The summed E-state index contributed by atoms with van der Waals surface area (Å²) in [7, 11) is 3.79. The Morgan fingerprint density at radius 2 is 1.95 bits per heavy atom. The number of esters is 1. The van der Waals surface area contributed by atoms with Gasteiger partial charge in [-0.25, -0.2) is 0 Å². The third kappa shape index (κ3) is 11.8. The van der Waals surface area contributed by atoms with E-state index in [0.717, 1.165) is 37.7 Å². The fourth-order valence-electron chi connectivity index (χ4n) is 6.12. The van der Waals surface area contributed by atoms with Crippen LogP contribution in [0.15, 0.2) is 23.8 Å². The van der Waals surface area contributed by atoms with Gasteiger partial charge < -0.3 is 34.0 Å². The third-order valence-corrected chi connectivity index (χ3v) is 8.62. The van der Waals surface area contributed by atoms with Crippen LogP contribution >= 0.6 is 0 Å². The number of likely N-dealkylation sites (tertiary alicyclic amines) is 1. The lowest BCUT2D eigenvalue weighted by molar-refractivity contribution is -0.364. The summed E-state index contributed by atoms with van der Waals surface area (Å²) in [4.78, 5) is 41.9. The molecular formula is C32H52N2O9. The van der Waals surface area contributed by atoms with Crippen molar-refractivity contribution in [1.29, 1.82) is 0 Å². The van der Waals surface area contributed by atoms with Crippen LogP contribution in [0.5, 0.6) is 0 Å². The maximum atomic E-state index is 13.2. The summed E-state index contributed by atoms with van der Waals surface area (Å²) in [6, 6.07) is 0.0691. The molecule has 2 fully saturated rings. The van der Waals surface area contributed by atoms with Crippen molar-refractivity contribution in [3.05, 3.63) is 23.8 Å². The topological polar surface area (TPSA) is 135 Å². The Morgan fingerprint density at radius 3 is 2.67 bits per heavy atom. The summed E-state index contributed by atoms with van der Waals surface area (Å²) in [5.41, 5.74) is 0.860. The number of carbonyl (C=O) groups excluding carboxylic acids is 3. The first kappa shape index (κ1) is 35.5. The lowest BCUT2D eigenvalue weighted by atomic mass is 9.84. The van der Waals surface area contributed by atoms with Crippen LogP contribution < -0.4 is 0 Å².